The molecule has 0 atom stereocenters. The molecule has 1 N–H and O–H groups in total. The molecule has 82 valence electrons. The molecule has 0 aliphatic carbocycles. The predicted molar refractivity (Wildman–Crippen MR) is 68.0 cm³/mol. The second-order valence-corrected chi connectivity index (χ2v) is 3.83. The number of rotatable bonds is 5. The molecule has 0 unspecified atom stereocenters. The van der Waals surface area contributed by atoms with Crippen molar-refractivity contribution in [1.29, 1.82) is 0 Å². The van der Waals surface area contributed by atoms with Gasteiger partial charge in [0.05, 0.1) is 0 Å². The maximum atomic E-state index is 3.15. The summed E-state index contributed by atoms with van der Waals surface area (Å²) in [5, 5.41) is 3.15. The van der Waals surface area contributed by atoms with Crippen LogP contribution in [0.15, 0.2) is 30.3 Å². The van der Waals surface area contributed by atoms with E-state index in [9.17, 15) is 0 Å². The summed E-state index contributed by atoms with van der Waals surface area (Å²) in [4.78, 5) is 0. The number of aryl methyl sites for hydroxylation is 1. The average Bonchev–Trinajstić information content (AvgIpc) is 2.29. The maximum absolute atomic E-state index is 3.15. The van der Waals surface area contributed by atoms with Gasteiger partial charge in [0.15, 0.2) is 0 Å². The van der Waals surface area contributed by atoms with Crippen molar-refractivity contribution in [2.75, 3.05) is 13.6 Å². The van der Waals surface area contributed by atoms with Gasteiger partial charge in [-0.15, -0.1) is 0 Å². The highest BCUT2D eigenvalue weighted by molar-refractivity contribution is 5.63. The quantitative estimate of drug-likeness (QED) is 0.724. The van der Waals surface area contributed by atoms with Crippen LogP contribution in [0.2, 0.25) is 0 Å². The first kappa shape index (κ1) is 12.0. The molecule has 0 radical (unpaired) electrons. The maximum Gasteiger partial charge on any atom is -0.00171 e. The molecule has 1 heteroatoms. The fourth-order valence-corrected chi connectivity index (χ4v) is 1.55. The summed E-state index contributed by atoms with van der Waals surface area (Å²) in [6.07, 6.45) is 4.50. The summed E-state index contributed by atoms with van der Waals surface area (Å²) in [5.41, 5.74) is 4.11. The van der Waals surface area contributed by atoms with Gasteiger partial charge in [-0.05, 0) is 50.1 Å². The molecule has 0 aromatic heterocycles. The van der Waals surface area contributed by atoms with Crippen LogP contribution in [0.3, 0.4) is 0 Å². The van der Waals surface area contributed by atoms with Crippen molar-refractivity contribution in [2.24, 2.45) is 0 Å². The van der Waals surface area contributed by atoms with Gasteiger partial charge in [-0.25, -0.2) is 0 Å². The molecular formula is C14H21N. The minimum absolute atomic E-state index is 1.05. The molecule has 0 fully saturated rings. The number of hydrogen-bond donors (Lipinski definition) is 1. The summed E-state index contributed by atoms with van der Waals surface area (Å²) in [7, 11) is 1.99. The number of allylic oxidation sites excluding steroid dienone is 1. The van der Waals surface area contributed by atoms with Gasteiger partial charge in [-0.3, -0.25) is 0 Å². The van der Waals surface area contributed by atoms with E-state index in [-0.39, 0.29) is 0 Å². The van der Waals surface area contributed by atoms with Crippen LogP contribution < -0.4 is 5.32 Å². The highest BCUT2D eigenvalue weighted by Crippen LogP contribution is 2.15. The highest BCUT2D eigenvalue weighted by Gasteiger charge is 1.95. The smallest absolute Gasteiger partial charge is 0.00171 e. The summed E-state index contributed by atoms with van der Waals surface area (Å²) >= 11 is 0. The van der Waals surface area contributed by atoms with E-state index in [1.54, 1.807) is 0 Å². The molecule has 0 spiro atoms. The lowest BCUT2D eigenvalue weighted by Gasteiger charge is -2.03. The Morgan fingerprint density at radius 2 is 1.93 bits per heavy atom. The molecule has 1 aromatic rings. The van der Waals surface area contributed by atoms with E-state index in [0.29, 0.717) is 0 Å². The topological polar surface area (TPSA) is 12.0 Å². The van der Waals surface area contributed by atoms with Crippen LogP contribution in [-0.4, -0.2) is 13.6 Å². The van der Waals surface area contributed by atoms with Crippen LogP contribution in [0, 0.1) is 0 Å². The molecule has 0 amide bonds. The van der Waals surface area contributed by atoms with Gasteiger partial charge >= 0.3 is 0 Å². The molecule has 15 heavy (non-hydrogen) atoms. The molecular weight excluding hydrogens is 182 g/mol. The number of benzene rings is 1. The van der Waals surface area contributed by atoms with E-state index in [2.05, 4.69) is 49.5 Å². The number of nitrogens with one attached hydrogen (secondary N) is 1. The van der Waals surface area contributed by atoms with E-state index in [0.717, 1.165) is 19.4 Å². The van der Waals surface area contributed by atoms with Gasteiger partial charge in [0, 0.05) is 0 Å². The SMILES string of the molecule is CCc1ccc(C(C)=CCCNC)cc1. The normalized spacial score (nSPS) is 11.8. The van der Waals surface area contributed by atoms with Gasteiger partial charge < -0.3 is 5.32 Å². The van der Waals surface area contributed by atoms with Crippen LogP contribution in [0.25, 0.3) is 5.57 Å². The van der Waals surface area contributed by atoms with Crippen LogP contribution >= 0.6 is 0 Å². The van der Waals surface area contributed by atoms with E-state index >= 15 is 0 Å². The lowest BCUT2D eigenvalue weighted by atomic mass is 10.0. The summed E-state index contributed by atoms with van der Waals surface area (Å²) in [6, 6.07) is 8.85. The number of hydrogen-bond acceptors (Lipinski definition) is 1. The standard InChI is InChI=1S/C14H21N/c1-4-13-7-9-14(10-8-13)12(2)6-5-11-15-3/h6-10,15H,4-5,11H2,1-3H3. The Balaban J connectivity index is 2.65. The Morgan fingerprint density at radius 3 is 2.47 bits per heavy atom. The second kappa shape index (κ2) is 6.41. The molecule has 0 saturated heterocycles. The van der Waals surface area contributed by atoms with Gasteiger partial charge in [0.1, 0.15) is 0 Å². The van der Waals surface area contributed by atoms with E-state index < -0.39 is 0 Å². The fourth-order valence-electron chi connectivity index (χ4n) is 1.55. The summed E-state index contributed by atoms with van der Waals surface area (Å²) in [5.74, 6) is 0. The van der Waals surface area contributed by atoms with Crippen molar-refractivity contribution in [3.63, 3.8) is 0 Å². The van der Waals surface area contributed by atoms with E-state index in [1.807, 2.05) is 7.05 Å². The first-order valence-electron chi connectivity index (χ1n) is 5.68. The van der Waals surface area contributed by atoms with Crippen molar-refractivity contribution < 1.29 is 0 Å². The molecule has 0 saturated carbocycles. The average molecular weight is 203 g/mol. The zero-order valence-corrected chi connectivity index (χ0v) is 10.0. The monoisotopic (exact) mass is 203 g/mol. The molecule has 1 nitrogen and oxygen atoms in total. The van der Waals surface area contributed by atoms with Gasteiger partial charge in [-0.2, -0.15) is 0 Å². The first-order chi connectivity index (χ1) is 7.27. The third-order valence-electron chi connectivity index (χ3n) is 2.66. The molecule has 0 aliphatic rings. The Bertz CT molecular complexity index is 309. The Kier molecular flexibility index (Phi) is 5.13. The molecule has 0 aliphatic heterocycles. The Labute approximate surface area is 93.2 Å². The van der Waals surface area contributed by atoms with Crippen molar-refractivity contribution in [3.8, 4) is 0 Å². The predicted octanol–water partition coefficient (Wildman–Crippen LogP) is 3.26. The second-order valence-electron chi connectivity index (χ2n) is 3.83. The summed E-state index contributed by atoms with van der Waals surface area (Å²) in [6.45, 7) is 5.41. The van der Waals surface area contributed by atoms with Gasteiger partial charge in [0.2, 0.25) is 0 Å². The lowest BCUT2D eigenvalue weighted by Crippen LogP contribution is -2.05. The van der Waals surface area contributed by atoms with Gasteiger partial charge in [-0.1, -0.05) is 37.3 Å². The molecule has 0 heterocycles. The summed E-state index contributed by atoms with van der Waals surface area (Å²) < 4.78 is 0. The van der Waals surface area contributed by atoms with Crippen LogP contribution in [0.5, 0.6) is 0 Å². The van der Waals surface area contributed by atoms with E-state index in [4.69, 9.17) is 0 Å². The first-order valence-corrected chi connectivity index (χ1v) is 5.68. The largest absolute Gasteiger partial charge is 0.319 e. The minimum atomic E-state index is 1.05. The Morgan fingerprint density at radius 1 is 1.27 bits per heavy atom. The van der Waals surface area contributed by atoms with Crippen molar-refractivity contribution >= 4 is 5.57 Å². The van der Waals surface area contributed by atoms with Crippen molar-refractivity contribution in [1.82, 2.24) is 5.32 Å². The van der Waals surface area contributed by atoms with Gasteiger partial charge in [0.25, 0.3) is 0 Å². The third-order valence-corrected chi connectivity index (χ3v) is 2.66. The fraction of sp³-hybridized carbons (Fsp3) is 0.429. The van der Waals surface area contributed by atoms with Crippen LogP contribution in [0.4, 0.5) is 0 Å². The van der Waals surface area contributed by atoms with E-state index in [1.165, 1.54) is 16.7 Å². The van der Waals surface area contributed by atoms with Crippen molar-refractivity contribution in [3.05, 3.63) is 41.5 Å². The highest BCUT2D eigenvalue weighted by atomic mass is 14.8. The zero-order valence-electron chi connectivity index (χ0n) is 10.0. The Hall–Kier alpha value is -1.08. The third kappa shape index (κ3) is 3.88. The van der Waals surface area contributed by atoms with Crippen LogP contribution in [-0.2, 0) is 6.42 Å². The van der Waals surface area contributed by atoms with Crippen LogP contribution in [0.1, 0.15) is 31.4 Å². The molecule has 1 rings (SSSR count). The van der Waals surface area contributed by atoms with Crippen molar-refractivity contribution in [2.45, 2.75) is 26.7 Å². The lowest BCUT2D eigenvalue weighted by molar-refractivity contribution is 0.808. The zero-order chi connectivity index (χ0) is 11.1. The molecule has 1 aromatic carbocycles. The molecule has 0 bridgehead atoms. The minimum Gasteiger partial charge on any atom is -0.319 e.